The second kappa shape index (κ2) is 21.6. The highest BCUT2D eigenvalue weighted by Gasteiger charge is 2.64. The van der Waals surface area contributed by atoms with E-state index in [1.165, 1.54) is 4.90 Å². The maximum absolute atomic E-state index is 14.2. The largest absolute Gasteiger partial charge is 0.489 e. The predicted molar refractivity (Wildman–Crippen MR) is 268 cm³/mol. The molecule has 4 fully saturated rings. The third-order valence-electron chi connectivity index (χ3n) is 14.9. The van der Waals surface area contributed by atoms with Gasteiger partial charge >= 0.3 is 0 Å². The van der Waals surface area contributed by atoms with Gasteiger partial charge in [0, 0.05) is 67.5 Å². The topological polar surface area (TPSA) is 213 Å². The average Bonchev–Trinajstić information content (AvgIpc) is 3.96. The van der Waals surface area contributed by atoms with Gasteiger partial charge in [-0.1, -0.05) is 64.1 Å². The molecule has 1 aromatic heterocycles. The normalized spacial score (nSPS) is 22.7. The van der Waals surface area contributed by atoms with Crippen molar-refractivity contribution < 1.29 is 33.8 Å². The number of piperazine rings is 1. The molecule has 4 aromatic rings. The van der Waals surface area contributed by atoms with E-state index in [0.717, 1.165) is 59.7 Å². The summed E-state index contributed by atoms with van der Waals surface area (Å²) in [7, 11) is 0. The van der Waals surface area contributed by atoms with E-state index in [4.69, 9.17) is 9.47 Å². The zero-order valence-electron chi connectivity index (χ0n) is 41.4. The molecular weight excluding hydrogens is 919 g/mol. The summed E-state index contributed by atoms with van der Waals surface area (Å²) in [6, 6.07) is 22.4. The van der Waals surface area contributed by atoms with E-state index < -0.39 is 29.0 Å². The van der Waals surface area contributed by atoms with Crippen molar-refractivity contribution in [3.8, 4) is 28.3 Å². The number of nitrogens with one attached hydrogen (secondary N) is 3. The number of likely N-dealkylation sites (tertiary alicyclic amines) is 1. The second-order valence-corrected chi connectivity index (χ2v) is 21.6. The first-order chi connectivity index (χ1) is 34.0. The lowest BCUT2D eigenvalue weighted by Crippen LogP contribution is -2.74. The monoisotopic (exact) mass is 983 g/mol. The number of β-amino-alcohol motifs (C(OH)–C–C–N with tert-alkyl or cyclic N) is 1. The molecule has 374 valence electrons. The maximum atomic E-state index is 14.2. The van der Waals surface area contributed by atoms with E-state index in [-0.39, 0.29) is 72.8 Å². The Morgan fingerprint density at radius 2 is 1.59 bits per heavy atom. The van der Waals surface area contributed by atoms with Crippen LogP contribution in [0.25, 0.3) is 10.4 Å². The zero-order valence-corrected chi connectivity index (χ0v) is 42.3. The molecule has 3 saturated heterocycles. The Labute approximate surface area is 420 Å². The van der Waals surface area contributed by atoms with Crippen LogP contribution in [0.5, 0.6) is 5.75 Å². The molecular formula is C54H65N9O7S. The van der Waals surface area contributed by atoms with Crippen molar-refractivity contribution in [2.75, 3.05) is 59.0 Å². The van der Waals surface area contributed by atoms with E-state index in [1.807, 2.05) is 74.0 Å². The van der Waals surface area contributed by atoms with Crippen molar-refractivity contribution >= 4 is 35.0 Å². The molecule has 1 unspecified atom stereocenters. The van der Waals surface area contributed by atoms with Crippen molar-refractivity contribution in [3.63, 3.8) is 0 Å². The van der Waals surface area contributed by atoms with Crippen molar-refractivity contribution in [1.29, 1.82) is 10.5 Å². The molecule has 16 nitrogen and oxygen atoms in total. The van der Waals surface area contributed by atoms with Crippen LogP contribution in [0.3, 0.4) is 0 Å². The van der Waals surface area contributed by atoms with E-state index in [0.29, 0.717) is 43.2 Å². The Morgan fingerprint density at radius 1 is 0.915 bits per heavy atom. The number of carbonyl (C=O) groups is 4. The number of nitriles is 2. The summed E-state index contributed by atoms with van der Waals surface area (Å²) < 4.78 is 11.8. The molecule has 71 heavy (non-hydrogen) atoms. The summed E-state index contributed by atoms with van der Waals surface area (Å²) in [6.07, 6.45) is 0.792. The van der Waals surface area contributed by atoms with Crippen LogP contribution < -0.4 is 20.7 Å². The molecule has 4 amide bonds. The Morgan fingerprint density at radius 3 is 2.21 bits per heavy atom. The first-order valence-electron chi connectivity index (χ1n) is 24.6. The Hall–Kier alpha value is -6.21. The summed E-state index contributed by atoms with van der Waals surface area (Å²) >= 11 is 1.58. The number of ether oxygens (including phenoxy) is 2. The summed E-state index contributed by atoms with van der Waals surface area (Å²) in [5, 5.41) is 38.8. The van der Waals surface area contributed by atoms with Gasteiger partial charge in [-0.3, -0.25) is 24.1 Å². The smallest absolute Gasteiger partial charge is 0.251 e. The number of nitrogens with zero attached hydrogens (tertiary/aromatic N) is 6. The van der Waals surface area contributed by atoms with E-state index in [2.05, 4.69) is 64.5 Å². The predicted octanol–water partition coefficient (Wildman–Crippen LogP) is 4.99. The number of aromatic nitrogens is 1. The van der Waals surface area contributed by atoms with Crippen LogP contribution >= 0.6 is 11.3 Å². The van der Waals surface area contributed by atoms with Crippen LogP contribution in [0.1, 0.15) is 91.8 Å². The van der Waals surface area contributed by atoms with Gasteiger partial charge in [-0.25, -0.2) is 4.98 Å². The number of aryl methyl sites for hydroxylation is 2. The van der Waals surface area contributed by atoms with Crippen molar-refractivity contribution in [2.24, 2.45) is 16.7 Å². The second-order valence-electron chi connectivity index (χ2n) is 20.8. The standard InChI is InChI=1S/C54H65N9O7S/c1-33(36-13-15-37(16-14-36)47-34(2)57-32-71-47)58-49(67)44-25-42(64)28-63(44)50(68)46(41-30-69-31-41)59-45(65)29-62-22-20-61(21-23-62)19-7-8-35-9-11-38(12-10-35)48(66)60-51-53(3,4)52(54(51,5)6)70-43-18-17-39(26-55)40(24-43)27-56/h9-18,24,32-33,41-42,44,46,51-52,64H,7-8,19-23,25,28-31H2,1-6H3,(H,58,67)(H,59,65)(H,60,66)/t33?,42-,44+,46+,51?,52?/m1/s1. The molecule has 1 saturated carbocycles. The Bertz CT molecular complexity index is 2650. The van der Waals surface area contributed by atoms with Gasteiger partial charge in [-0.2, -0.15) is 10.5 Å². The van der Waals surface area contributed by atoms with E-state index in [9.17, 15) is 34.8 Å². The number of hydrogen-bond acceptors (Lipinski definition) is 13. The van der Waals surface area contributed by atoms with Gasteiger partial charge in [0.25, 0.3) is 5.91 Å². The third kappa shape index (κ3) is 11.3. The van der Waals surface area contributed by atoms with Crippen LogP contribution in [-0.2, 0) is 25.5 Å². The van der Waals surface area contributed by atoms with Gasteiger partial charge in [-0.15, -0.1) is 11.3 Å². The summed E-state index contributed by atoms with van der Waals surface area (Å²) in [5.41, 5.74) is 6.23. The fourth-order valence-corrected chi connectivity index (χ4v) is 11.9. The van der Waals surface area contributed by atoms with Crippen LogP contribution in [0.4, 0.5) is 0 Å². The van der Waals surface area contributed by atoms with Crippen molar-refractivity contribution in [1.82, 2.24) is 35.6 Å². The third-order valence-corrected chi connectivity index (χ3v) is 15.9. The Balaban J connectivity index is 0.759. The lowest BCUT2D eigenvalue weighted by Gasteiger charge is -2.63. The maximum Gasteiger partial charge on any atom is 0.251 e. The molecule has 3 aromatic carbocycles. The van der Waals surface area contributed by atoms with E-state index >= 15 is 0 Å². The summed E-state index contributed by atoms with van der Waals surface area (Å²) in [4.78, 5) is 66.3. The fourth-order valence-electron chi connectivity index (χ4n) is 11.1. The highest BCUT2D eigenvalue weighted by Crippen LogP contribution is 2.55. The van der Waals surface area contributed by atoms with Crippen molar-refractivity contribution in [3.05, 3.63) is 106 Å². The van der Waals surface area contributed by atoms with Gasteiger partial charge in [0.2, 0.25) is 17.7 Å². The molecule has 4 aliphatic rings. The molecule has 4 heterocycles. The molecule has 0 radical (unpaired) electrons. The van der Waals surface area contributed by atoms with Crippen LogP contribution in [0, 0.1) is 46.3 Å². The minimum absolute atomic E-state index is 0.00514. The number of benzene rings is 3. The van der Waals surface area contributed by atoms with Crippen LogP contribution in [-0.4, -0.2) is 138 Å². The SMILES string of the molecule is Cc1ncsc1-c1ccc(C(C)NC(=O)[C@@H]2C[C@@H](O)CN2C(=O)[C@@H](NC(=O)CN2CCN(CCCc3ccc(C(=O)NC4C(C)(C)C(Oc5ccc(C#N)c(C#N)c5)C4(C)C)cc3)CC2)C2COC2)cc1. The minimum atomic E-state index is -0.877. The number of carbonyl (C=O) groups excluding carboxylic acids is 4. The molecule has 0 spiro atoms. The molecule has 8 rings (SSSR count). The molecule has 3 aliphatic heterocycles. The minimum Gasteiger partial charge on any atom is -0.489 e. The van der Waals surface area contributed by atoms with Gasteiger partial charge in [0.15, 0.2) is 0 Å². The highest BCUT2D eigenvalue weighted by molar-refractivity contribution is 7.13. The Kier molecular flexibility index (Phi) is 15.6. The van der Waals surface area contributed by atoms with Crippen molar-refractivity contribution in [2.45, 2.75) is 97.2 Å². The lowest BCUT2D eigenvalue weighted by molar-refractivity contribution is -0.164. The molecule has 4 atom stereocenters. The van der Waals surface area contributed by atoms with Gasteiger partial charge in [0.05, 0.1) is 59.1 Å². The van der Waals surface area contributed by atoms with Crippen LogP contribution in [0.2, 0.25) is 0 Å². The number of hydrogen-bond donors (Lipinski definition) is 4. The van der Waals surface area contributed by atoms with E-state index in [1.54, 1.807) is 29.5 Å². The fraction of sp³-hybridized carbons (Fsp3) is 0.500. The highest BCUT2D eigenvalue weighted by atomic mass is 32.1. The first-order valence-corrected chi connectivity index (χ1v) is 25.5. The van der Waals surface area contributed by atoms with Crippen LogP contribution in [0.15, 0.2) is 72.2 Å². The van der Waals surface area contributed by atoms with Gasteiger partial charge in [-0.05, 0) is 80.3 Å². The molecule has 1 aliphatic carbocycles. The quantitative estimate of drug-likeness (QED) is 0.110. The van der Waals surface area contributed by atoms with Gasteiger partial charge < -0.3 is 40.3 Å². The average molecular weight is 984 g/mol. The number of aliphatic hydroxyl groups excluding tert-OH is 1. The number of aliphatic hydroxyl groups is 1. The number of amides is 4. The lowest BCUT2D eigenvalue weighted by atomic mass is 9.49. The number of thiazole rings is 1. The number of rotatable bonds is 17. The summed E-state index contributed by atoms with van der Waals surface area (Å²) in [6.45, 7) is 16.8. The first kappa shape index (κ1) is 51.2. The molecule has 17 heteroatoms. The molecule has 4 N–H and O–H groups in total. The van der Waals surface area contributed by atoms with Gasteiger partial charge in [0.1, 0.15) is 36.1 Å². The summed E-state index contributed by atoms with van der Waals surface area (Å²) in [5.74, 6) is -0.866. The zero-order chi connectivity index (χ0) is 50.6. The molecule has 0 bridgehead atoms.